The van der Waals surface area contributed by atoms with Gasteiger partial charge in [-0.1, -0.05) is 29.8 Å². The topological polar surface area (TPSA) is 33.1 Å². The summed E-state index contributed by atoms with van der Waals surface area (Å²) in [5, 5.41) is 11.3. The van der Waals surface area contributed by atoms with Crippen molar-refractivity contribution in [1.29, 1.82) is 0 Å². The molecule has 1 atom stereocenters. The Hall–Kier alpha value is -1.03. The van der Waals surface area contributed by atoms with Crippen molar-refractivity contribution in [3.05, 3.63) is 58.7 Å². The van der Waals surface area contributed by atoms with Gasteiger partial charge in [0.2, 0.25) is 0 Å². The smallest absolute Gasteiger partial charge is 0.102 e. The number of thioether (sulfide) groups is 1. The number of hydrogen-bond donors (Lipinski definition) is 1. The van der Waals surface area contributed by atoms with E-state index in [0.29, 0.717) is 0 Å². The lowest BCUT2D eigenvalue weighted by Gasteiger charge is -2.10. The number of aliphatic hydroxyl groups is 1. The van der Waals surface area contributed by atoms with Gasteiger partial charge in [-0.25, -0.2) is 4.98 Å². The largest absolute Gasteiger partial charge is 0.389 e. The highest BCUT2D eigenvalue weighted by molar-refractivity contribution is 7.98. The first kappa shape index (κ1) is 13.4. The van der Waals surface area contributed by atoms with Gasteiger partial charge in [0.25, 0.3) is 0 Å². The van der Waals surface area contributed by atoms with Crippen LogP contribution < -0.4 is 0 Å². The van der Waals surface area contributed by atoms with Crippen molar-refractivity contribution in [2.45, 2.75) is 23.8 Å². The van der Waals surface area contributed by atoms with Crippen LogP contribution in [0.4, 0.5) is 0 Å². The number of rotatable bonds is 4. The molecule has 0 unspecified atom stereocenters. The molecule has 0 bridgehead atoms. The molecule has 0 fully saturated rings. The first-order chi connectivity index (χ1) is 8.66. The van der Waals surface area contributed by atoms with Gasteiger partial charge in [-0.3, -0.25) is 0 Å². The van der Waals surface area contributed by atoms with Crippen LogP contribution in [0.3, 0.4) is 0 Å². The van der Waals surface area contributed by atoms with Crippen LogP contribution >= 0.6 is 23.4 Å². The second-order valence-corrected chi connectivity index (χ2v) is 5.39. The normalized spacial score (nSPS) is 12.4. The van der Waals surface area contributed by atoms with Crippen LogP contribution in [-0.4, -0.2) is 10.1 Å². The number of pyridine rings is 1. The third-order valence-electron chi connectivity index (χ3n) is 2.54. The van der Waals surface area contributed by atoms with Crippen LogP contribution in [-0.2, 0) is 5.75 Å². The molecule has 2 rings (SSSR count). The monoisotopic (exact) mass is 279 g/mol. The molecule has 1 N–H and O–H groups in total. The highest BCUT2D eigenvalue weighted by Crippen LogP contribution is 2.28. The van der Waals surface area contributed by atoms with Gasteiger partial charge in [-0.2, -0.15) is 0 Å². The Morgan fingerprint density at radius 3 is 2.67 bits per heavy atom. The standard InChI is InChI=1S/C14H14ClNOS/c1-10(17)13-3-2-8-16-14(13)18-9-11-4-6-12(15)7-5-11/h2-8,10,17H,9H2,1H3/t10-/m1/s1. The summed E-state index contributed by atoms with van der Waals surface area (Å²) >= 11 is 7.46. The first-order valence-electron chi connectivity index (χ1n) is 5.67. The quantitative estimate of drug-likeness (QED) is 0.856. The number of halogens is 1. The van der Waals surface area contributed by atoms with Crippen molar-refractivity contribution in [2.75, 3.05) is 0 Å². The summed E-state index contributed by atoms with van der Waals surface area (Å²) < 4.78 is 0. The summed E-state index contributed by atoms with van der Waals surface area (Å²) in [6, 6.07) is 11.5. The highest BCUT2D eigenvalue weighted by atomic mass is 35.5. The maximum atomic E-state index is 9.67. The van der Waals surface area contributed by atoms with E-state index in [1.54, 1.807) is 24.9 Å². The second kappa shape index (κ2) is 6.23. The number of aromatic nitrogens is 1. The Morgan fingerprint density at radius 1 is 1.28 bits per heavy atom. The molecule has 0 radical (unpaired) electrons. The number of nitrogens with zero attached hydrogens (tertiary/aromatic N) is 1. The van der Waals surface area contributed by atoms with Gasteiger partial charge in [0.15, 0.2) is 0 Å². The molecule has 4 heteroatoms. The zero-order chi connectivity index (χ0) is 13.0. The van der Waals surface area contributed by atoms with E-state index < -0.39 is 6.10 Å². The predicted molar refractivity (Wildman–Crippen MR) is 75.9 cm³/mol. The molecule has 1 aromatic carbocycles. The van der Waals surface area contributed by atoms with Crippen molar-refractivity contribution in [3.63, 3.8) is 0 Å². The molecule has 94 valence electrons. The Morgan fingerprint density at radius 2 is 2.00 bits per heavy atom. The Balaban J connectivity index is 2.08. The number of benzene rings is 1. The molecule has 0 aliphatic carbocycles. The van der Waals surface area contributed by atoms with Gasteiger partial charge >= 0.3 is 0 Å². The molecule has 1 aromatic heterocycles. The van der Waals surface area contributed by atoms with E-state index in [4.69, 9.17) is 11.6 Å². The van der Waals surface area contributed by atoms with Crippen molar-refractivity contribution in [1.82, 2.24) is 4.98 Å². The van der Waals surface area contributed by atoms with Gasteiger partial charge < -0.3 is 5.11 Å². The van der Waals surface area contributed by atoms with Crippen LogP contribution in [0.5, 0.6) is 0 Å². The van der Waals surface area contributed by atoms with E-state index in [-0.39, 0.29) is 0 Å². The molecule has 2 aromatic rings. The molecule has 0 amide bonds. The van der Waals surface area contributed by atoms with Crippen LogP contribution in [0.25, 0.3) is 0 Å². The second-order valence-electron chi connectivity index (χ2n) is 3.99. The molecule has 2 nitrogen and oxygen atoms in total. The fourth-order valence-corrected chi connectivity index (χ4v) is 2.74. The maximum absolute atomic E-state index is 9.67. The van der Waals surface area contributed by atoms with Crippen LogP contribution in [0, 0.1) is 0 Å². The van der Waals surface area contributed by atoms with E-state index >= 15 is 0 Å². The summed E-state index contributed by atoms with van der Waals surface area (Å²) in [7, 11) is 0. The third kappa shape index (κ3) is 3.48. The van der Waals surface area contributed by atoms with Crippen molar-refractivity contribution in [3.8, 4) is 0 Å². The van der Waals surface area contributed by atoms with Gasteiger partial charge in [-0.15, -0.1) is 11.8 Å². The lowest BCUT2D eigenvalue weighted by atomic mass is 10.2. The minimum absolute atomic E-state index is 0.494. The zero-order valence-electron chi connectivity index (χ0n) is 10.0. The van der Waals surface area contributed by atoms with E-state index in [9.17, 15) is 5.11 Å². The van der Waals surface area contributed by atoms with Gasteiger partial charge in [0.1, 0.15) is 5.03 Å². The molecule has 0 aliphatic rings. The number of hydrogen-bond acceptors (Lipinski definition) is 3. The van der Waals surface area contributed by atoms with Crippen molar-refractivity contribution in [2.24, 2.45) is 0 Å². The summed E-state index contributed by atoms with van der Waals surface area (Å²) in [6.07, 6.45) is 1.25. The molecule has 18 heavy (non-hydrogen) atoms. The summed E-state index contributed by atoms with van der Waals surface area (Å²) in [4.78, 5) is 4.31. The molecule has 0 saturated heterocycles. The highest BCUT2D eigenvalue weighted by Gasteiger charge is 2.09. The fraction of sp³-hybridized carbons (Fsp3) is 0.214. The molecule has 0 spiro atoms. The van der Waals surface area contributed by atoms with Gasteiger partial charge in [0.05, 0.1) is 6.10 Å². The molecule has 1 heterocycles. The van der Waals surface area contributed by atoms with Crippen LogP contribution in [0.15, 0.2) is 47.6 Å². The van der Waals surface area contributed by atoms with Crippen molar-refractivity contribution < 1.29 is 5.11 Å². The summed E-state index contributed by atoms with van der Waals surface area (Å²) in [6.45, 7) is 1.75. The van der Waals surface area contributed by atoms with E-state index in [0.717, 1.165) is 21.4 Å². The van der Waals surface area contributed by atoms with Crippen molar-refractivity contribution >= 4 is 23.4 Å². The average molecular weight is 280 g/mol. The van der Waals surface area contributed by atoms with Gasteiger partial charge in [-0.05, 0) is 30.7 Å². The van der Waals surface area contributed by atoms with E-state index in [2.05, 4.69) is 4.98 Å². The third-order valence-corrected chi connectivity index (χ3v) is 3.88. The Labute approximate surface area is 116 Å². The fourth-order valence-electron chi connectivity index (χ4n) is 1.57. The maximum Gasteiger partial charge on any atom is 0.102 e. The van der Waals surface area contributed by atoms with E-state index in [1.807, 2.05) is 36.4 Å². The Bertz CT molecular complexity index is 513. The minimum Gasteiger partial charge on any atom is -0.389 e. The minimum atomic E-state index is -0.494. The number of aliphatic hydroxyl groups excluding tert-OH is 1. The average Bonchev–Trinajstić information content (AvgIpc) is 2.38. The summed E-state index contributed by atoms with van der Waals surface area (Å²) in [5.74, 6) is 0.813. The predicted octanol–water partition coefficient (Wildman–Crippen LogP) is 4.08. The molecule has 0 aliphatic heterocycles. The lowest BCUT2D eigenvalue weighted by molar-refractivity contribution is 0.195. The van der Waals surface area contributed by atoms with Gasteiger partial charge in [0, 0.05) is 22.5 Å². The molecular weight excluding hydrogens is 266 g/mol. The summed E-state index contributed by atoms with van der Waals surface area (Å²) in [5.41, 5.74) is 2.06. The van der Waals surface area contributed by atoms with E-state index in [1.165, 1.54) is 5.56 Å². The lowest BCUT2D eigenvalue weighted by Crippen LogP contribution is -1.96. The Kier molecular flexibility index (Phi) is 4.64. The first-order valence-corrected chi connectivity index (χ1v) is 7.03. The SMILES string of the molecule is C[C@@H](O)c1cccnc1SCc1ccc(Cl)cc1. The zero-order valence-corrected chi connectivity index (χ0v) is 11.6. The van der Waals surface area contributed by atoms with Crippen LogP contribution in [0.1, 0.15) is 24.2 Å². The molecular formula is C14H14ClNOS. The molecule has 0 saturated carbocycles. The van der Waals surface area contributed by atoms with Crippen LogP contribution in [0.2, 0.25) is 5.02 Å².